The number of hydrogen-bond acceptors (Lipinski definition) is 3. The summed E-state index contributed by atoms with van der Waals surface area (Å²) >= 11 is 0. The third-order valence-electron chi connectivity index (χ3n) is 5.79. The molecule has 0 aromatic heterocycles. The van der Waals surface area contributed by atoms with E-state index >= 15 is 0 Å². The molecule has 0 atom stereocenters. The molecular formula is C25H25F5O3. The van der Waals surface area contributed by atoms with Gasteiger partial charge in [-0.25, -0.2) is 9.18 Å². The number of rotatable bonds is 8. The first-order chi connectivity index (χ1) is 15.7. The number of carbonyl (C=O) groups is 1. The van der Waals surface area contributed by atoms with E-state index in [1.807, 2.05) is 6.08 Å². The molecule has 178 valence electrons. The third kappa shape index (κ3) is 6.79. The van der Waals surface area contributed by atoms with Gasteiger partial charge in [-0.2, -0.15) is 17.6 Å². The monoisotopic (exact) mass is 468 g/mol. The van der Waals surface area contributed by atoms with Crippen molar-refractivity contribution in [2.75, 3.05) is 0 Å². The van der Waals surface area contributed by atoms with Crippen molar-refractivity contribution >= 4 is 12.0 Å². The summed E-state index contributed by atoms with van der Waals surface area (Å²) in [6.07, 6.45) is 1.34. The lowest BCUT2D eigenvalue weighted by Crippen LogP contribution is -2.33. The smallest absolute Gasteiger partial charge is 0.425 e. The van der Waals surface area contributed by atoms with Gasteiger partial charge in [0.1, 0.15) is 5.75 Å². The highest BCUT2D eigenvalue weighted by atomic mass is 19.3. The normalized spacial score (nSPS) is 19.1. The molecule has 0 N–H and O–H groups in total. The molecule has 33 heavy (non-hydrogen) atoms. The topological polar surface area (TPSA) is 35.5 Å². The molecule has 1 aliphatic carbocycles. The number of allylic oxidation sites excluding steroid dienone is 1. The molecule has 0 saturated heterocycles. The predicted octanol–water partition coefficient (Wildman–Crippen LogP) is 7.51. The van der Waals surface area contributed by atoms with Gasteiger partial charge in [-0.3, -0.25) is 0 Å². The molecule has 3 rings (SSSR count). The maximum Gasteiger partial charge on any atom is 0.461 e. The lowest BCUT2D eigenvalue weighted by molar-refractivity contribution is -0.254. The second kappa shape index (κ2) is 10.8. The number of carbonyl (C=O) groups excluding carboxylic acids is 1. The van der Waals surface area contributed by atoms with E-state index in [9.17, 15) is 26.7 Å². The average Bonchev–Trinajstić information content (AvgIpc) is 2.80. The lowest BCUT2D eigenvalue weighted by atomic mass is 9.80. The number of alkyl halides is 4. The Morgan fingerprint density at radius 1 is 1.09 bits per heavy atom. The molecule has 0 aliphatic heterocycles. The van der Waals surface area contributed by atoms with Crippen LogP contribution in [0.25, 0.3) is 6.08 Å². The Balaban J connectivity index is 1.57. The predicted molar refractivity (Wildman–Crippen MR) is 114 cm³/mol. The van der Waals surface area contributed by atoms with E-state index in [1.54, 1.807) is 24.3 Å². The van der Waals surface area contributed by atoms with Gasteiger partial charge in [0.05, 0.1) is 5.56 Å². The molecule has 1 fully saturated rings. The molecule has 3 nitrogen and oxygen atoms in total. The Kier molecular flexibility index (Phi) is 8.10. The zero-order valence-electron chi connectivity index (χ0n) is 18.1. The van der Waals surface area contributed by atoms with Crippen molar-refractivity contribution in [3.8, 4) is 11.5 Å². The van der Waals surface area contributed by atoms with E-state index in [2.05, 4.69) is 17.7 Å². The van der Waals surface area contributed by atoms with Crippen molar-refractivity contribution in [1.82, 2.24) is 0 Å². The summed E-state index contributed by atoms with van der Waals surface area (Å²) in [6.45, 7) is 2.23. The van der Waals surface area contributed by atoms with Crippen molar-refractivity contribution < 1.29 is 36.2 Å². The van der Waals surface area contributed by atoms with Crippen molar-refractivity contribution in [2.24, 2.45) is 11.8 Å². The second-order valence-corrected chi connectivity index (χ2v) is 8.12. The van der Waals surface area contributed by atoms with Crippen LogP contribution in [0, 0.1) is 17.7 Å². The maximum absolute atomic E-state index is 13.9. The molecule has 8 heteroatoms. The Hall–Kier alpha value is -2.90. The molecule has 0 spiro atoms. The summed E-state index contributed by atoms with van der Waals surface area (Å²) in [5.74, 6) is -2.13. The van der Waals surface area contributed by atoms with Crippen LogP contribution >= 0.6 is 0 Å². The minimum Gasteiger partial charge on any atom is -0.425 e. The largest absolute Gasteiger partial charge is 0.461 e. The van der Waals surface area contributed by atoms with Gasteiger partial charge >= 0.3 is 18.5 Å². The lowest BCUT2D eigenvalue weighted by Gasteiger charge is -2.25. The van der Waals surface area contributed by atoms with Gasteiger partial charge < -0.3 is 9.47 Å². The zero-order valence-corrected chi connectivity index (χ0v) is 18.1. The molecule has 0 heterocycles. The Morgan fingerprint density at radius 2 is 1.76 bits per heavy atom. The molecule has 0 unspecified atom stereocenters. The van der Waals surface area contributed by atoms with Crippen LogP contribution in [0.15, 0.2) is 48.5 Å². The van der Waals surface area contributed by atoms with E-state index < -0.39 is 30.1 Å². The van der Waals surface area contributed by atoms with Crippen LogP contribution in [-0.2, 0) is 0 Å². The van der Waals surface area contributed by atoms with Gasteiger partial charge in [0.15, 0.2) is 11.6 Å². The Morgan fingerprint density at radius 3 is 2.33 bits per heavy atom. The van der Waals surface area contributed by atoms with Crippen LogP contribution in [0.1, 0.15) is 54.9 Å². The first-order valence-electron chi connectivity index (χ1n) is 10.8. The van der Waals surface area contributed by atoms with Gasteiger partial charge in [0.2, 0.25) is 0 Å². The van der Waals surface area contributed by atoms with Crippen LogP contribution in [0.2, 0.25) is 0 Å². The summed E-state index contributed by atoms with van der Waals surface area (Å²) in [4.78, 5) is 12.3. The van der Waals surface area contributed by atoms with E-state index in [1.165, 1.54) is 32.1 Å². The third-order valence-corrected chi connectivity index (χ3v) is 5.79. The van der Waals surface area contributed by atoms with Crippen molar-refractivity contribution in [1.29, 1.82) is 0 Å². The van der Waals surface area contributed by atoms with Crippen LogP contribution in [0.5, 0.6) is 11.5 Å². The van der Waals surface area contributed by atoms with E-state index in [0.29, 0.717) is 18.1 Å². The van der Waals surface area contributed by atoms with Crippen LogP contribution in [0.3, 0.4) is 0 Å². The summed E-state index contributed by atoms with van der Waals surface area (Å²) in [6, 6.07) is 8.92. The molecule has 2 aromatic rings. The number of ether oxygens (including phenoxy) is 2. The van der Waals surface area contributed by atoms with Gasteiger partial charge in [0.25, 0.3) is 0 Å². The fraction of sp³-hybridized carbons (Fsp3) is 0.400. The number of hydrogen-bond donors (Lipinski definition) is 0. The molecule has 1 saturated carbocycles. The van der Waals surface area contributed by atoms with E-state index in [4.69, 9.17) is 4.74 Å². The first kappa shape index (κ1) is 24.7. The van der Waals surface area contributed by atoms with Crippen LogP contribution in [-0.4, -0.2) is 18.5 Å². The number of halogens is 5. The Bertz CT molecular complexity index is 965. The van der Waals surface area contributed by atoms with Crippen molar-refractivity contribution in [3.63, 3.8) is 0 Å². The van der Waals surface area contributed by atoms with Gasteiger partial charge in [-0.15, -0.1) is 0 Å². The highest BCUT2D eigenvalue weighted by Gasteiger charge is 2.44. The second-order valence-electron chi connectivity index (χ2n) is 8.12. The standard InChI is InChI=1S/C25H25F5O3/c1-2-16-3-5-17(6-4-16)7-8-18-9-11-19(12-10-18)23(31)32-20-13-14-22(21(26)15-20)33-25(29,30)24(27)28/h7-17,24H,2-6H2,1H3. The molecule has 2 aromatic carbocycles. The molecule has 0 radical (unpaired) electrons. The Labute approximate surface area is 189 Å². The molecule has 0 amide bonds. The highest BCUT2D eigenvalue weighted by molar-refractivity contribution is 5.91. The number of benzene rings is 2. The highest BCUT2D eigenvalue weighted by Crippen LogP contribution is 2.32. The van der Waals surface area contributed by atoms with Crippen molar-refractivity contribution in [2.45, 2.75) is 51.6 Å². The van der Waals surface area contributed by atoms with E-state index in [0.717, 1.165) is 17.5 Å². The summed E-state index contributed by atoms with van der Waals surface area (Å²) in [5, 5.41) is 0. The summed E-state index contributed by atoms with van der Waals surface area (Å²) in [5.41, 5.74) is 1.14. The van der Waals surface area contributed by atoms with Crippen molar-refractivity contribution in [3.05, 3.63) is 65.5 Å². The fourth-order valence-electron chi connectivity index (χ4n) is 3.75. The maximum atomic E-state index is 13.9. The van der Waals surface area contributed by atoms with E-state index in [-0.39, 0.29) is 11.3 Å². The molecule has 0 bridgehead atoms. The van der Waals surface area contributed by atoms with Gasteiger partial charge in [0, 0.05) is 6.07 Å². The van der Waals surface area contributed by atoms with Gasteiger partial charge in [-0.1, -0.05) is 37.6 Å². The molecule has 1 aliphatic rings. The van der Waals surface area contributed by atoms with Crippen LogP contribution in [0.4, 0.5) is 22.0 Å². The average molecular weight is 468 g/mol. The first-order valence-corrected chi connectivity index (χ1v) is 10.8. The SMILES string of the molecule is CCC1CCC(C=Cc2ccc(C(=O)Oc3ccc(OC(F)(F)C(F)F)c(F)c3)cc2)CC1. The minimum absolute atomic E-state index is 0.209. The summed E-state index contributed by atoms with van der Waals surface area (Å²) < 4.78 is 73.0. The molecular weight excluding hydrogens is 443 g/mol. The number of esters is 1. The van der Waals surface area contributed by atoms with Gasteiger partial charge in [-0.05, 0) is 67.3 Å². The minimum atomic E-state index is -4.84. The summed E-state index contributed by atoms with van der Waals surface area (Å²) in [7, 11) is 0. The van der Waals surface area contributed by atoms with Crippen LogP contribution < -0.4 is 9.47 Å². The quantitative estimate of drug-likeness (QED) is 0.228. The zero-order chi connectivity index (χ0) is 24.0. The fourth-order valence-corrected chi connectivity index (χ4v) is 3.75.